The van der Waals surface area contributed by atoms with Crippen LogP contribution in [0.25, 0.3) is 42.3 Å². The van der Waals surface area contributed by atoms with Crippen LogP contribution < -0.4 is 0 Å². The van der Waals surface area contributed by atoms with Gasteiger partial charge in [-0.2, -0.15) is 0 Å². The Kier molecular flexibility index (Phi) is 4.83. The van der Waals surface area contributed by atoms with Crippen LogP contribution in [0.1, 0.15) is 24.6 Å². The van der Waals surface area contributed by atoms with E-state index in [4.69, 9.17) is 33.2 Å². The molecule has 0 aliphatic heterocycles. The first-order valence-corrected chi connectivity index (χ1v) is 11.6. The first-order chi connectivity index (χ1) is 14.0. The summed E-state index contributed by atoms with van der Waals surface area (Å²) in [4.78, 5) is 13.2. The van der Waals surface area contributed by atoms with E-state index in [1.165, 1.54) is 4.88 Å². The third-order valence-corrected chi connectivity index (χ3v) is 7.76. The molecule has 0 atom stereocenters. The number of rotatable bonds is 3. The van der Waals surface area contributed by atoms with Gasteiger partial charge in [0.05, 0.1) is 0 Å². The first kappa shape index (κ1) is 19.0. The van der Waals surface area contributed by atoms with E-state index in [-0.39, 0.29) is 0 Å². The van der Waals surface area contributed by atoms with Crippen molar-refractivity contribution in [1.29, 1.82) is 0 Å². The van der Waals surface area contributed by atoms with Crippen molar-refractivity contribution in [2.45, 2.75) is 19.8 Å². The van der Waals surface area contributed by atoms with Crippen LogP contribution in [0.5, 0.6) is 0 Å². The molecule has 6 heteroatoms. The van der Waals surface area contributed by atoms with Gasteiger partial charge >= 0.3 is 0 Å². The average molecular weight is 455 g/mol. The molecule has 0 fully saturated rings. The fraction of sp³-hybridized carbons (Fsp3) is 0.130. The molecular weight excluding hydrogens is 439 g/mol. The van der Waals surface area contributed by atoms with E-state index in [0.717, 1.165) is 47.3 Å². The highest BCUT2D eigenvalue weighted by atomic mass is 35.5. The molecule has 2 aromatic carbocycles. The number of pyridine rings is 1. The molecule has 3 aromatic heterocycles. The molecule has 0 N–H and O–H groups in total. The van der Waals surface area contributed by atoms with Gasteiger partial charge in [0.15, 0.2) is 0 Å². The summed E-state index contributed by atoms with van der Waals surface area (Å²) in [5.41, 5.74) is 3.99. The quantitative estimate of drug-likeness (QED) is 0.272. The lowest BCUT2D eigenvalue weighted by Gasteiger charge is -2.07. The maximum absolute atomic E-state index is 6.61. The van der Waals surface area contributed by atoms with Crippen LogP contribution in [-0.2, 0) is 0 Å². The highest BCUT2D eigenvalue weighted by Crippen LogP contribution is 2.44. The first-order valence-electron chi connectivity index (χ1n) is 9.26. The van der Waals surface area contributed by atoms with Gasteiger partial charge in [-0.25, -0.2) is 9.97 Å². The Morgan fingerprint density at radius 1 is 0.862 bits per heavy atom. The minimum absolute atomic E-state index is 0.448. The van der Waals surface area contributed by atoms with Crippen molar-refractivity contribution in [3.8, 4) is 21.7 Å². The number of nitrogens with zero attached hydrogens (tertiary/aromatic N) is 2. The van der Waals surface area contributed by atoms with Gasteiger partial charge in [-0.15, -0.1) is 11.3 Å². The molecule has 0 aliphatic rings. The zero-order valence-electron chi connectivity index (χ0n) is 15.7. The number of hydrogen-bond donors (Lipinski definition) is 0. The van der Waals surface area contributed by atoms with Gasteiger partial charge in [-0.05, 0) is 30.2 Å². The second-order valence-corrected chi connectivity index (χ2v) is 10.1. The molecule has 2 nitrogen and oxygen atoms in total. The Morgan fingerprint density at radius 2 is 1.62 bits per heavy atom. The van der Waals surface area contributed by atoms with E-state index in [1.54, 1.807) is 22.7 Å². The van der Waals surface area contributed by atoms with Crippen LogP contribution in [0.15, 0.2) is 54.6 Å². The fourth-order valence-electron chi connectivity index (χ4n) is 3.37. The Labute approximate surface area is 186 Å². The number of hydrogen-bond acceptors (Lipinski definition) is 4. The van der Waals surface area contributed by atoms with Crippen molar-refractivity contribution in [2.24, 2.45) is 0 Å². The standard InChI is InChI=1S/C23H16Cl2N2S2/c1-12(2)18-11-16-19(15-5-3-4-6-17(15)25)20-23(27-22(16)28-18)29-21(26-20)13-7-9-14(24)10-8-13/h3-12H,1-2H3. The molecular formula is C23H16Cl2N2S2. The smallest absolute Gasteiger partial charge is 0.146 e. The van der Waals surface area contributed by atoms with Gasteiger partial charge in [0.1, 0.15) is 20.2 Å². The Bertz CT molecular complexity index is 1350. The Morgan fingerprint density at radius 3 is 2.34 bits per heavy atom. The lowest BCUT2D eigenvalue weighted by atomic mass is 10.0. The summed E-state index contributed by atoms with van der Waals surface area (Å²) in [5, 5.41) is 3.48. The predicted molar refractivity (Wildman–Crippen MR) is 128 cm³/mol. The number of aromatic nitrogens is 2. The van der Waals surface area contributed by atoms with Gasteiger partial charge in [-0.3, -0.25) is 0 Å². The van der Waals surface area contributed by atoms with Crippen molar-refractivity contribution in [2.75, 3.05) is 0 Å². The zero-order valence-corrected chi connectivity index (χ0v) is 18.9. The number of thiophene rings is 1. The summed E-state index contributed by atoms with van der Waals surface area (Å²) in [6, 6.07) is 18.0. The number of benzene rings is 2. The highest BCUT2D eigenvalue weighted by molar-refractivity contribution is 7.22. The molecule has 0 spiro atoms. The van der Waals surface area contributed by atoms with Gasteiger partial charge in [-0.1, -0.05) is 78.7 Å². The fourth-order valence-corrected chi connectivity index (χ4v) is 5.78. The van der Waals surface area contributed by atoms with Crippen LogP contribution in [0.2, 0.25) is 10.0 Å². The van der Waals surface area contributed by atoms with Crippen LogP contribution in [0.3, 0.4) is 0 Å². The number of fused-ring (bicyclic) bond motifs is 2. The van der Waals surface area contributed by atoms with E-state index < -0.39 is 0 Å². The second kappa shape index (κ2) is 7.37. The van der Waals surface area contributed by atoms with Crippen molar-refractivity contribution < 1.29 is 0 Å². The summed E-state index contributed by atoms with van der Waals surface area (Å²) < 4.78 is 0. The maximum atomic E-state index is 6.61. The molecule has 0 radical (unpaired) electrons. The van der Waals surface area contributed by atoms with Crippen LogP contribution in [0, 0.1) is 0 Å². The van der Waals surface area contributed by atoms with E-state index in [0.29, 0.717) is 10.9 Å². The second-order valence-electron chi connectivity index (χ2n) is 7.17. The average Bonchev–Trinajstić information content (AvgIpc) is 3.31. The number of thiazole rings is 1. The molecule has 0 bridgehead atoms. The summed E-state index contributed by atoms with van der Waals surface area (Å²) in [6.45, 7) is 4.41. The van der Waals surface area contributed by atoms with Crippen molar-refractivity contribution >= 4 is 66.4 Å². The third-order valence-electron chi connectivity index (χ3n) is 4.85. The van der Waals surface area contributed by atoms with E-state index >= 15 is 0 Å². The summed E-state index contributed by atoms with van der Waals surface area (Å²) >= 11 is 16.0. The normalized spacial score (nSPS) is 11.8. The Balaban J connectivity index is 1.84. The molecule has 0 amide bonds. The minimum atomic E-state index is 0.448. The topological polar surface area (TPSA) is 25.8 Å². The Hall–Kier alpha value is -1.98. The molecule has 29 heavy (non-hydrogen) atoms. The minimum Gasteiger partial charge on any atom is -0.234 e. The largest absolute Gasteiger partial charge is 0.234 e. The van der Waals surface area contributed by atoms with Crippen LogP contribution in [-0.4, -0.2) is 9.97 Å². The molecule has 3 heterocycles. The molecule has 5 rings (SSSR count). The monoisotopic (exact) mass is 454 g/mol. The van der Waals surface area contributed by atoms with Crippen molar-refractivity contribution in [3.05, 3.63) is 69.5 Å². The van der Waals surface area contributed by atoms with E-state index in [1.807, 2.05) is 42.5 Å². The van der Waals surface area contributed by atoms with Gasteiger partial charge in [0.2, 0.25) is 0 Å². The molecule has 5 aromatic rings. The van der Waals surface area contributed by atoms with Crippen molar-refractivity contribution in [3.63, 3.8) is 0 Å². The lowest BCUT2D eigenvalue weighted by Crippen LogP contribution is -1.86. The van der Waals surface area contributed by atoms with Gasteiger partial charge in [0.25, 0.3) is 0 Å². The van der Waals surface area contributed by atoms with E-state index in [9.17, 15) is 0 Å². The third kappa shape index (κ3) is 3.34. The number of halogens is 2. The lowest BCUT2D eigenvalue weighted by molar-refractivity contribution is 0.890. The summed E-state index contributed by atoms with van der Waals surface area (Å²) in [5.74, 6) is 0.448. The predicted octanol–water partition coefficient (Wildman–Crippen LogP) is 8.67. The van der Waals surface area contributed by atoms with Crippen LogP contribution in [0.4, 0.5) is 0 Å². The molecule has 0 aliphatic carbocycles. The van der Waals surface area contributed by atoms with Gasteiger partial charge < -0.3 is 0 Å². The van der Waals surface area contributed by atoms with Gasteiger partial charge in [0, 0.05) is 37.0 Å². The molecule has 0 saturated heterocycles. The van der Waals surface area contributed by atoms with Crippen LogP contribution >= 0.6 is 45.9 Å². The highest BCUT2D eigenvalue weighted by Gasteiger charge is 2.20. The van der Waals surface area contributed by atoms with E-state index in [2.05, 4.69) is 26.0 Å². The summed E-state index contributed by atoms with van der Waals surface area (Å²) in [7, 11) is 0. The summed E-state index contributed by atoms with van der Waals surface area (Å²) in [6.07, 6.45) is 0. The molecule has 0 unspecified atom stereocenters. The SMILES string of the molecule is CC(C)c1cc2c(-c3ccccc3Cl)c3nc(-c4ccc(Cl)cc4)sc3nc2s1. The molecule has 144 valence electrons. The van der Waals surface area contributed by atoms with Crippen molar-refractivity contribution in [1.82, 2.24) is 9.97 Å². The zero-order chi connectivity index (χ0) is 20.1. The maximum Gasteiger partial charge on any atom is 0.146 e. The molecule has 0 saturated carbocycles.